The molecule has 0 saturated carbocycles. The number of rotatable bonds is 7. The zero-order chi connectivity index (χ0) is 20.2. The van der Waals surface area contributed by atoms with Crippen LogP contribution in [0, 0.1) is 5.82 Å². The van der Waals surface area contributed by atoms with Crippen molar-refractivity contribution in [1.29, 1.82) is 0 Å². The molecule has 0 atom stereocenters. The maximum Gasteiger partial charge on any atom is 0.274 e. The Bertz CT molecular complexity index is 805. The zero-order valence-corrected chi connectivity index (χ0v) is 16.0. The monoisotopic (exact) mass is 376 g/mol. The molecule has 0 aliphatic carbocycles. The molecule has 0 bridgehead atoms. The highest BCUT2D eigenvalue weighted by Gasteiger charge is 2.32. The van der Waals surface area contributed by atoms with Crippen molar-refractivity contribution in [3.05, 3.63) is 47.2 Å². The Balaban J connectivity index is 2.29. The molecule has 1 amide bonds. The maximum atomic E-state index is 13.0. The Morgan fingerprint density at radius 2 is 1.74 bits per heavy atom. The first-order chi connectivity index (χ1) is 12.7. The summed E-state index contributed by atoms with van der Waals surface area (Å²) in [5.41, 5.74) is -0.272. The van der Waals surface area contributed by atoms with Crippen molar-refractivity contribution >= 4 is 5.91 Å². The Morgan fingerprint density at radius 3 is 2.30 bits per heavy atom. The molecule has 146 valence electrons. The third-order valence-corrected chi connectivity index (χ3v) is 4.55. The van der Waals surface area contributed by atoms with Crippen molar-refractivity contribution in [2.24, 2.45) is 0 Å². The summed E-state index contributed by atoms with van der Waals surface area (Å²) in [7, 11) is 0. The average Bonchev–Trinajstić information content (AvgIpc) is 2.63. The van der Waals surface area contributed by atoms with Crippen LogP contribution in [0.25, 0.3) is 0 Å². The van der Waals surface area contributed by atoms with Gasteiger partial charge in [-0.15, -0.1) is 0 Å². The van der Waals surface area contributed by atoms with Crippen LogP contribution in [0.5, 0.6) is 11.6 Å². The van der Waals surface area contributed by atoms with Crippen LogP contribution in [0.1, 0.15) is 49.6 Å². The van der Waals surface area contributed by atoms with E-state index in [0.717, 1.165) is 13.1 Å². The Labute approximate surface area is 157 Å². The molecule has 3 N–H and O–H groups in total. The number of amides is 1. The third-order valence-electron chi connectivity index (χ3n) is 4.55. The van der Waals surface area contributed by atoms with Crippen molar-refractivity contribution in [2.75, 3.05) is 13.1 Å². The first-order valence-corrected chi connectivity index (χ1v) is 8.78. The molecule has 0 aliphatic rings. The molecule has 0 radical (unpaired) electrons. The number of carbonyl (C=O) groups is 1. The second kappa shape index (κ2) is 8.30. The van der Waals surface area contributed by atoms with Gasteiger partial charge in [0.15, 0.2) is 11.5 Å². The van der Waals surface area contributed by atoms with Crippen LogP contribution in [0.4, 0.5) is 4.39 Å². The summed E-state index contributed by atoms with van der Waals surface area (Å²) >= 11 is 0. The first-order valence-electron chi connectivity index (χ1n) is 8.78. The standard InChI is InChI=1S/C19H25FN4O3/c1-5-24(6-2)19(3,4)18-22-14(15(25)17(27)23-18)16(26)21-11-12-7-9-13(20)10-8-12/h7-10,25H,5-6,11H2,1-4H3,(H,21,26)(H,22,23,27). The van der Waals surface area contributed by atoms with E-state index in [2.05, 4.69) is 20.2 Å². The molecule has 7 nitrogen and oxygen atoms in total. The average molecular weight is 376 g/mol. The highest BCUT2D eigenvalue weighted by atomic mass is 19.1. The molecule has 27 heavy (non-hydrogen) atoms. The predicted molar refractivity (Wildman–Crippen MR) is 98.9 cm³/mol. The summed E-state index contributed by atoms with van der Waals surface area (Å²) in [6, 6.07) is 5.67. The highest BCUT2D eigenvalue weighted by Crippen LogP contribution is 2.31. The number of hydrogen-bond donors (Lipinski definition) is 3. The van der Waals surface area contributed by atoms with Crippen LogP contribution in [-0.4, -0.2) is 44.1 Å². The molecule has 1 aromatic heterocycles. The molecule has 0 spiro atoms. The molecule has 0 fully saturated rings. The van der Waals surface area contributed by atoms with Crippen molar-refractivity contribution < 1.29 is 19.4 Å². The van der Waals surface area contributed by atoms with Gasteiger partial charge in [0, 0.05) is 6.54 Å². The molecule has 0 unspecified atom stereocenters. The number of nitrogens with one attached hydrogen (secondary N) is 1. The second-order valence-corrected chi connectivity index (χ2v) is 6.61. The first kappa shape index (κ1) is 20.6. The van der Waals surface area contributed by atoms with Crippen LogP contribution in [0.2, 0.25) is 0 Å². The number of aromatic hydroxyl groups is 2. The fraction of sp³-hybridized carbons (Fsp3) is 0.421. The Hall–Kier alpha value is -2.74. The lowest BCUT2D eigenvalue weighted by Gasteiger charge is -2.35. The predicted octanol–water partition coefficient (Wildman–Crippen LogP) is 2.53. The summed E-state index contributed by atoms with van der Waals surface area (Å²) < 4.78 is 13.0. The molecular formula is C19H25FN4O3. The molecule has 2 aromatic rings. The number of benzene rings is 1. The van der Waals surface area contributed by atoms with Crippen molar-refractivity contribution in [1.82, 2.24) is 20.2 Å². The van der Waals surface area contributed by atoms with Gasteiger partial charge in [-0.2, -0.15) is 4.98 Å². The molecule has 0 aliphatic heterocycles. The minimum atomic E-state index is -0.675. The van der Waals surface area contributed by atoms with Gasteiger partial charge in [0.25, 0.3) is 11.8 Å². The van der Waals surface area contributed by atoms with Gasteiger partial charge in [-0.1, -0.05) is 26.0 Å². The van der Waals surface area contributed by atoms with Gasteiger partial charge in [-0.05, 0) is 44.6 Å². The van der Waals surface area contributed by atoms with Crippen molar-refractivity contribution in [3.63, 3.8) is 0 Å². The smallest absolute Gasteiger partial charge is 0.274 e. The van der Waals surface area contributed by atoms with E-state index in [1.165, 1.54) is 12.1 Å². The van der Waals surface area contributed by atoms with E-state index in [-0.39, 0.29) is 23.9 Å². The fourth-order valence-electron chi connectivity index (χ4n) is 2.90. The molecule has 0 saturated heterocycles. The summed E-state index contributed by atoms with van der Waals surface area (Å²) in [6.07, 6.45) is 0. The zero-order valence-electron chi connectivity index (χ0n) is 16.0. The largest absolute Gasteiger partial charge is 0.501 e. The lowest BCUT2D eigenvalue weighted by molar-refractivity contribution is 0.0936. The minimum Gasteiger partial charge on any atom is -0.501 e. The summed E-state index contributed by atoms with van der Waals surface area (Å²) in [5, 5.41) is 22.6. The van der Waals surface area contributed by atoms with Crippen LogP contribution in [-0.2, 0) is 12.1 Å². The van der Waals surface area contributed by atoms with E-state index in [1.807, 2.05) is 27.7 Å². The lowest BCUT2D eigenvalue weighted by atomic mass is 10.0. The molecule has 1 heterocycles. The fourth-order valence-corrected chi connectivity index (χ4v) is 2.90. The normalized spacial score (nSPS) is 11.6. The van der Waals surface area contributed by atoms with Gasteiger partial charge in [0.05, 0.1) is 5.54 Å². The van der Waals surface area contributed by atoms with Gasteiger partial charge in [0.2, 0.25) is 5.75 Å². The summed E-state index contributed by atoms with van der Waals surface area (Å²) in [4.78, 5) is 22.7. The van der Waals surface area contributed by atoms with Gasteiger partial charge < -0.3 is 15.5 Å². The van der Waals surface area contributed by atoms with Crippen LogP contribution in [0.15, 0.2) is 24.3 Å². The number of halogens is 1. The van der Waals surface area contributed by atoms with E-state index in [0.29, 0.717) is 5.56 Å². The highest BCUT2D eigenvalue weighted by molar-refractivity contribution is 5.95. The Kier molecular flexibility index (Phi) is 6.32. The molecular weight excluding hydrogens is 351 g/mol. The summed E-state index contributed by atoms with van der Waals surface area (Å²) in [6.45, 7) is 9.31. The number of aromatic nitrogens is 2. The van der Waals surface area contributed by atoms with Gasteiger partial charge in [-0.25, -0.2) is 9.37 Å². The van der Waals surface area contributed by atoms with Gasteiger partial charge >= 0.3 is 0 Å². The van der Waals surface area contributed by atoms with Gasteiger partial charge in [0.1, 0.15) is 5.82 Å². The van der Waals surface area contributed by atoms with Gasteiger partial charge in [-0.3, -0.25) is 9.69 Å². The SMILES string of the molecule is CCN(CC)C(C)(C)c1nc(O)c(O)c(C(=O)NCc2ccc(F)cc2)n1. The Morgan fingerprint density at radius 1 is 1.15 bits per heavy atom. The molecule has 8 heteroatoms. The topological polar surface area (TPSA) is 98.6 Å². The van der Waals surface area contributed by atoms with E-state index >= 15 is 0 Å². The van der Waals surface area contributed by atoms with Crippen molar-refractivity contribution in [3.8, 4) is 11.6 Å². The van der Waals surface area contributed by atoms with E-state index in [1.54, 1.807) is 12.1 Å². The lowest BCUT2D eigenvalue weighted by Crippen LogP contribution is -2.43. The quantitative estimate of drug-likeness (QED) is 0.687. The maximum absolute atomic E-state index is 13.0. The van der Waals surface area contributed by atoms with Crippen molar-refractivity contribution in [2.45, 2.75) is 39.8 Å². The minimum absolute atomic E-state index is 0.123. The summed E-state index contributed by atoms with van der Waals surface area (Å²) in [5.74, 6) is -2.12. The number of nitrogens with zero attached hydrogens (tertiary/aromatic N) is 3. The third kappa shape index (κ3) is 4.51. The van der Waals surface area contributed by atoms with E-state index in [4.69, 9.17) is 0 Å². The molecule has 1 aromatic carbocycles. The molecule has 2 rings (SSSR count). The van der Waals surface area contributed by atoms with E-state index in [9.17, 15) is 19.4 Å². The number of hydrogen-bond acceptors (Lipinski definition) is 6. The van der Waals surface area contributed by atoms with E-state index < -0.39 is 23.1 Å². The second-order valence-electron chi connectivity index (χ2n) is 6.61. The van der Waals surface area contributed by atoms with Crippen LogP contribution < -0.4 is 5.32 Å². The van der Waals surface area contributed by atoms with Crippen LogP contribution in [0.3, 0.4) is 0 Å². The number of carbonyl (C=O) groups excluding carboxylic acids is 1. The van der Waals surface area contributed by atoms with Crippen LogP contribution >= 0.6 is 0 Å².